The Morgan fingerprint density at radius 1 is 1.18 bits per heavy atom. The molecule has 11 heavy (non-hydrogen) atoms. The van der Waals surface area contributed by atoms with Crippen LogP contribution in [-0.2, 0) is 0 Å². The van der Waals surface area contributed by atoms with Crippen LogP contribution in [-0.4, -0.2) is 6.29 Å². The van der Waals surface area contributed by atoms with E-state index in [0.717, 1.165) is 11.8 Å². The molecule has 56 valence electrons. The molecule has 1 aromatic carbocycles. The van der Waals surface area contributed by atoms with E-state index in [4.69, 9.17) is 0 Å². The Bertz CT molecular complexity index is 234. The Hall–Kier alpha value is -1.24. The van der Waals surface area contributed by atoms with E-state index in [0.29, 0.717) is 0 Å². The Labute approximate surface area is 67.1 Å². The number of carbonyl (C=O) groups is 1. The van der Waals surface area contributed by atoms with Gasteiger partial charge in [-0.3, -0.25) is 4.79 Å². The van der Waals surface area contributed by atoms with Crippen molar-refractivity contribution in [3.63, 3.8) is 0 Å². The van der Waals surface area contributed by atoms with Crippen molar-refractivity contribution >= 4 is 6.29 Å². The average Bonchev–Trinajstić information content (AvgIpc) is 2.05. The second-order valence-corrected chi connectivity index (χ2v) is 2.74. The van der Waals surface area contributed by atoms with Gasteiger partial charge in [-0.2, -0.15) is 0 Å². The van der Waals surface area contributed by atoms with Crippen molar-refractivity contribution < 1.29 is 4.79 Å². The molecular weight excluding hydrogens is 136 g/mol. The SMILES string of the molecule is C[C+](C)c1ccc(C=O)cc1. The maximum absolute atomic E-state index is 10.3. The molecule has 1 aromatic rings. The highest BCUT2D eigenvalue weighted by Crippen LogP contribution is 2.12. The summed E-state index contributed by atoms with van der Waals surface area (Å²) in [6, 6.07) is 7.57. The topological polar surface area (TPSA) is 17.1 Å². The quantitative estimate of drug-likeness (QED) is 0.464. The largest absolute Gasteiger partial charge is 0.298 e. The lowest BCUT2D eigenvalue weighted by molar-refractivity contribution is 0.112. The molecule has 0 amide bonds. The van der Waals surface area contributed by atoms with Crippen LogP contribution in [0.2, 0.25) is 0 Å². The van der Waals surface area contributed by atoms with E-state index in [2.05, 4.69) is 13.8 Å². The van der Waals surface area contributed by atoms with E-state index >= 15 is 0 Å². The van der Waals surface area contributed by atoms with Crippen molar-refractivity contribution in [2.24, 2.45) is 0 Å². The van der Waals surface area contributed by atoms with Gasteiger partial charge in [0.15, 0.2) is 6.29 Å². The van der Waals surface area contributed by atoms with Crippen LogP contribution in [0.4, 0.5) is 0 Å². The van der Waals surface area contributed by atoms with Gasteiger partial charge in [0.25, 0.3) is 0 Å². The number of rotatable bonds is 2. The smallest absolute Gasteiger partial charge is 0.152 e. The lowest BCUT2D eigenvalue weighted by Crippen LogP contribution is -1.88. The molecule has 0 saturated carbocycles. The molecule has 0 aliphatic rings. The Balaban J connectivity index is 2.91. The highest BCUT2D eigenvalue weighted by atomic mass is 16.1. The van der Waals surface area contributed by atoms with Gasteiger partial charge in [0.2, 0.25) is 0 Å². The van der Waals surface area contributed by atoms with E-state index in [9.17, 15) is 4.79 Å². The van der Waals surface area contributed by atoms with E-state index in [1.807, 2.05) is 24.3 Å². The molecule has 1 heteroatoms. The zero-order valence-electron chi connectivity index (χ0n) is 6.79. The fourth-order valence-corrected chi connectivity index (χ4v) is 0.895. The van der Waals surface area contributed by atoms with Crippen LogP contribution < -0.4 is 0 Å². The van der Waals surface area contributed by atoms with Gasteiger partial charge in [-0.1, -0.05) is 0 Å². The second kappa shape index (κ2) is 3.24. The summed E-state index contributed by atoms with van der Waals surface area (Å²) in [5.41, 5.74) is 1.92. The van der Waals surface area contributed by atoms with Gasteiger partial charge in [0.05, 0.1) is 0 Å². The second-order valence-electron chi connectivity index (χ2n) is 2.74. The maximum Gasteiger partial charge on any atom is 0.152 e. The van der Waals surface area contributed by atoms with Crippen molar-refractivity contribution in [3.8, 4) is 0 Å². The fraction of sp³-hybridized carbons (Fsp3) is 0.200. The molecule has 0 atom stereocenters. The first-order valence-electron chi connectivity index (χ1n) is 3.60. The first kappa shape index (κ1) is 7.86. The third-order valence-corrected chi connectivity index (χ3v) is 1.62. The van der Waals surface area contributed by atoms with Gasteiger partial charge in [-0.15, -0.1) is 0 Å². The molecule has 0 N–H and O–H groups in total. The minimum absolute atomic E-state index is 0.731. The summed E-state index contributed by atoms with van der Waals surface area (Å²) >= 11 is 0. The molecule has 0 aromatic heterocycles. The summed E-state index contributed by atoms with van der Waals surface area (Å²) < 4.78 is 0. The third kappa shape index (κ3) is 1.84. The normalized spacial score (nSPS) is 9.27. The molecule has 0 spiro atoms. The molecule has 1 rings (SSSR count). The number of hydrogen-bond acceptors (Lipinski definition) is 1. The predicted molar refractivity (Wildman–Crippen MR) is 45.5 cm³/mol. The molecule has 0 aliphatic heterocycles. The third-order valence-electron chi connectivity index (χ3n) is 1.62. The fourth-order valence-electron chi connectivity index (χ4n) is 0.895. The van der Waals surface area contributed by atoms with Gasteiger partial charge in [0.1, 0.15) is 5.56 Å². The summed E-state index contributed by atoms with van der Waals surface area (Å²) in [4.78, 5) is 10.3. The Morgan fingerprint density at radius 3 is 2.09 bits per heavy atom. The average molecular weight is 147 g/mol. The summed E-state index contributed by atoms with van der Waals surface area (Å²) in [5, 5.41) is 0. The van der Waals surface area contributed by atoms with E-state index in [1.54, 1.807) is 0 Å². The molecule has 0 unspecified atom stereocenters. The number of carbonyl (C=O) groups excluding carboxylic acids is 1. The lowest BCUT2D eigenvalue weighted by atomic mass is 10.0. The van der Waals surface area contributed by atoms with Crippen LogP contribution >= 0.6 is 0 Å². The van der Waals surface area contributed by atoms with Gasteiger partial charge < -0.3 is 0 Å². The van der Waals surface area contributed by atoms with Crippen LogP contribution in [0.1, 0.15) is 29.8 Å². The van der Waals surface area contributed by atoms with Crippen molar-refractivity contribution in [3.05, 3.63) is 41.3 Å². The van der Waals surface area contributed by atoms with E-state index in [1.165, 1.54) is 11.5 Å². The van der Waals surface area contributed by atoms with Crippen molar-refractivity contribution in [2.75, 3.05) is 0 Å². The maximum atomic E-state index is 10.3. The standard InChI is InChI=1S/C10H11O/c1-8(2)10-5-3-9(7-11)4-6-10/h3-7H,1-2H3/q+1. The molecule has 1 nitrogen and oxygen atoms in total. The monoisotopic (exact) mass is 147 g/mol. The molecule has 0 bridgehead atoms. The van der Waals surface area contributed by atoms with E-state index in [-0.39, 0.29) is 0 Å². The van der Waals surface area contributed by atoms with Crippen LogP contribution in [0.5, 0.6) is 0 Å². The van der Waals surface area contributed by atoms with E-state index < -0.39 is 0 Å². The first-order valence-corrected chi connectivity index (χ1v) is 3.60. The van der Waals surface area contributed by atoms with Crippen molar-refractivity contribution in [2.45, 2.75) is 13.8 Å². The molecular formula is C10H11O+. The van der Waals surface area contributed by atoms with Crippen LogP contribution in [0.25, 0.3) is 0 Å². The summed E-state index contributed by atoms with van der Waals surface area (Å²) in [6.45, 7) is 4.10. The molecule has 0 heterocycles. The molecule has 0 radical (unpaired) electrons. The lowest BCUT2D eigenvalue weighted by Gasteiger charge is -1.94. The summed E-state index contributed by atoms with van der Waals surface area (Å²) in [7, 11) is 0. The van der Waals surface area contributed by atoms with Crippen LogP contribution in [0, 0.1) is 5.92 Å². The number of aldehydes is 1. The van der Waals surface area contributed by atoms with Crippen molar-refractivity contribution in [1.82, 2.24) is 0 Å². The summed E-state index contributed by atoms with van der Waals surface area (Å²) in [5.74, 6) is 1.27. The van der Waals surface area contributed by atoms with Gasteiger partial charge in [-0.25, -0.2) is 0 Å². The van der Waals surface area contributed by atoms with Gasteiger partial charge in [-0.05, 0) is 0 Å². The van der Waals surface area contributed by atoms with Crippen LogP contribution in [0.15, 0.2) is 24.3 Å². The first-order chi connectivity index (χ1) is 5.24. The predicted octanol–water partition coefficient (Wildman–Crippen LogP) is 2.46. The van der Waals surface area contributed by atoms with Crippen molar-refractivity contribution in [1.29, 1.82) is 0 Å². The van der Waals surface area contributed by atoms with Gasteiger partial charge in [0, 0.05) is 49.6 Å². The molecule has 0 aliphatic carbocycles. The Morgan fingerprint density at radius 2 is 1.73 bits per heavy atom. The molecule has 0 saturated heterocycles. The minimum atomic E-state index is 0.731. The Kier molecular flexibility index (Phi) is 2.32. The highest BCUT2D eigenvalue weighted by molar-refractivity contribution is 5.74. The van der Waals surface area contributed by atoms with Crippen LogP contribution in [0.3, 0.4) is 0 Å². The summed E-state index contributed by atoms with van der Waals surface area (Å²) in [6.07, 6.45) is 0.856. The van der Waals surface area contributed by atoms with Gasteiger partial charge >= 0.3 is 0 Å². The number of benzene rings is 1. The molecule has 0 fully saturated rings. The highest BCUT2D eigenvalue weighted by Gasteiger charge is 2.05. The zero-order valence-corrected chi connectivity index (χ0v) is 6.79. The minimum Gasteiger partial charge on any atom is -0.298 e. The zero-order chi connectivity index (χ0) is 8.27. The number of hydrogen-bond donors (Lipinski definition) is 0.